The van der Waals surface area contributed by atoms with E-state index in [1.54, 1.807) is 36.1 Å². The van der Waals surface area contributed by atoms with Gasteiger partial charge in [0.05, 0.1) is 17.4 Å². The van der Waals surface area contributed by atoms with Crippen molar-refractivity contribution in [2.45, 2.75) is 26.4 Å². The summed E-state index contributed by atoms with van der Waals surface area (Å²) in [6.07, 6.45) is 1.08. The predicted molar refractivity (Wildman–Crippen MR) is 134 cm³/mol. The smallest absolute Gasteiger partial charge is 0.341 e. The number of amides is 1. The lowest BCUT2D eigenvalue weighted by atomic mass is 10.1. The summed E-state index contributed by atoms with van der Waals surface area (Å²) in [6, 6.07) is 7.44. The second-order valence-electron chi connectivity index (χ2n) is 8.70. The first-order chi connectivity index (χ1) is 17.1. The fourth-order valence-electron chi connectivity index (χ4n) is 4.52. The van der Waals surface area contributed by atoms with Gasteiger partial charge in [-0.05, 0) is 44.2 Å². The van der Waals surface area contributed by atoms with Crippen LogP contribution in [0.25, 0.3) is 10.9 Å². The van der Waals surface area contributed by atoms with Crippen molar-refractivity contribution >= 4 is 45.8 Å². The predicted octanol–water partition coefficient (Wildman–Crippen LogP) is 3.80. The first kappa shape index (κ1) is 25.6. The first-order valence-corrected chi connectivity index (χ1v) is 11.8. The summed E-state index contributed by atoms with van der Waals surface area (Å²) in [5.74, 6) is -3.54. The van der Waals surface area contributed by atoms with Gasteiger partial charge in [0.25, 0.3) is 0 Å². The lowest BCUT2D eigenvalue weighted by Crippen LogP contribution is -2.54. The highest BCUT2D eigenvalue weighted by molar-refractivity contribution is 6.30. The van der Waals surface area contributed by atoms with Crippen LogP contribution in [0.15, 0.2) is 41.3 Å². The van der Waals surface area contributed by atoms with E-state index in [0.717, 1.165) is 12.3 Å². The minimum absolute atomic E-state index is 0.105. The molecule has 0 spiro atoms. The number of carbonyl (C=O) groups excluding carboxylic acids is 1. The number of anilines is 2. The monoisotopic (exact) mass is 518 g/mol. The van der Waals surface area contributed by atoms with Crippen molar-refractivity contribution in [3.63, 3.8) is 0 Å². The van der Waals surface area contributed by atoms with Crippen LogP contribution in [-0.2, 0) is 11.3 Å². The third-order valence-corrected chi connectivity index (χ3v) is 6.61. The van der Waals surface area contributed by atoms with Crippen LogP contribution in [0.5, 0.6) is 0 Å². The lowest BCUT2D eigenvalue weighted by molar-refractivity contribution is -0.117. The molecule has 1 saturated heterocycles. The highest BCUT2D eigenvalue weighted by Crippen LogP contribution is 2.31. The molecule has 36 heavy (non-hydrogen) atoms. The van der Waals surface area contributed by atoms with Crippen LogP contribution in [0.1, 0.15) is 24.2 Å². The normalized spacial score (nSPS) is 16.4. The highest BCUT2D eigenvalue weighted by Gasteiger charge is 2.30. The zero-order valence-electron chi connectivity index (χ0n) is 19.7. The molecule has 1 fully saturated rings. The zero-order chi connectivity index (χ0) is 26.1. The van der Waals surface area contributed by atoms with Crippen LogP contribution < -0.4 is 15.6 Å². The molecule has 1 aliphatic heterocycles. The second-order valence-corrected chi connectivity index (χ2v) is 9.14. The summed E-state index contributed by atoms with van der Waals surface area (Å²) >= 11 is 5.87. The van der Waals surface area contributed by atoms with Gasteiger partial charge in [-0.2, -0.15) is 0 Å². The Bertz CT molecular complexity index is 1390. The number of hydrogen-bond acceptors (Lipinski definition) is 5. The van der Waals surface area contributed by atoms with Gasteiger partial charge in [0.2, 0.25) is 11.3 Å². The number of fused-ring (bicyclic) bond motifs is 1. The average molecular weight is 519 g/mol. The summed E-state index contributed by atoms with van der Waals surface area (Å²) in [7, 11) is 0. The number of rotatable bonds is 6. The van der Waals surface area contributed by atoms with E-state index in [9.17, 15) is 19.5 Å². The number of carbonyl (C=O) groups is 2. The molecule has 2 aromatic carbocycles. The molecule has 0 saturated carbocycles. The molecule has 0 radical (unpaired) electrons. The molecule has 1 aromatic heterocycles. The number of aryl methyl sites for hydroxylation is 1. The summed E-state index contributed by atoms with van der Waals surface area (Å²) in [6.45, 7) is 4.70. The van der Waals surface area contributed by atoms with Crippen molar-refractivity contribution in [1.82, 2.24) is 9.47 Å². The highest BCUT2D eigenvalue weighted by atomic mass is 35.5. The van der Waals surface area contributed by atoms with Gasteiger partial charge in [-0.15, -0.1) is 0 Å². The summed E-state index contributed by atoms with van der Waals surface area (Å²) in [5, 5.41) is 12.3. The van der Waals surface area contributed by atoms with E-state index in [4.69, 9.17) is 11.6 Å². The summed E-state index contributed by atoms with van der Waals surface area (Å²) in [5.41, 5.74) is -1.28. The van der Waals surface area contributed by atoms with Crippen LogP contribution in [0.2, 0.25) is 5.02 Å². The molecule has 1 amide bonds. The number of pyridine rings is 1. The molecular formula is C25H25ClF2N4O4. The lowest BCUT2D eigenvalue weighted by Gasteiger charge is -2.40. The van der Waals surface area contributed by atoms with E-state index in [1.807, 2.05) is 11.8 Å². The van der Waals surface area contributed by atoms with Crippen molar-refractivity contribution in [1.29, 1.82) is 0 Å². The Labute approximate surface area is 210 Å². The van der Waals surface area contributed by atoms with E-state index in [-0.39, 0.29) is 54.7 Å². The van der Waals surface area contributed by atoms with Crippen LogP contribution in [0.3, 0.4) is 0 Å². The maximum absolute atomic E-state index is 15.7. The maximum atomic E-state index is 15.7. The third kappa shape index (κ3) is 4.91. The topological polar surface area (TPSA) is 94.9 Å². The Kier molecular flexibility index (Phi) is 7.28. The average Bonchev–Trinajstić information content (AvgIpc) is 2.82. The van der Waals surface area contributed by atoms with Crippen molar-refractivity contribution in [3.8, 4) is 0 Å². The van der Waals surface area contributed by atoms with Gasteiger partial charge in [-0.1, -0.05) is 11.6 Å². The molecule has 8 nitrogen and oxygen atoms in total. The van der Waals surface area contributed by atoms with E-state index in [1.165, 1.54) is 4.57 Å². The van der Waals surface area contributed by atoms with Gasteiger partial charge >= 0.3 is 5.97 Å². The van der Waals surface area contributed by atoms with E-state index >= 15 is 8.78 Å². The Morgan fingerprint density at radius 3 is 2.50 bits per heavy atom. The molecule has 11 heteroatoms. The molecule has 4 rings (SSSR count). The van der Waals surface area contributed by atoms with Crippen molar-refractivity contribution in [2.75, 3.05) is 36.4 Å². The fraction of sp³-hybridized carbons (Fsp3) is 0.320. The van der Waals surface area contributed by atoms with Crippen LogP contribution in [-0.4, -0.2) is 58.7 Å². The molecule has 0 bridgehead atoms. The van der Waals surface area contributed by atoms with Gasteiger partial charge in [0.1, 0.15) is 17.1 Å². The number of benzene rings is 2. The number of aromatic nitrogens is 1. The number of hydrogen-bond donors (Lipinski definition) is 2. The first-order valence-electron chi connectivity index (χ1n) is 11.4. The number of carboxylic acid groups (broad SMARTS) is 1. The molecule has 0 aliphatic carbocycles. The maximum Gasteiger partial charge on any atom is 0.341 e. The van der Waals surface area contributed by atoms with Gasteiger partial charge in [-0.3, -0.25) is 14.5 Å². The Morgan fingerprint density at radius 1 is 1.19 bits per heavy atom. The number of piperazine rings is 1. The van der Waals surface area contributed by atoms with E-state index in [0.29, 0.717) is 17.3 Å². The van der Waals surface area contributed by atoms with Crippen molar-refractivity contribution in [3.05, 3.63) is 69.0 Å². The number of aromatic carboxylic acids is 1. The SMILES string of the molecule is CCn1cc(C(=O)O)c(=O)c2cc(F)c(N3CCN(CC(=O)Nc4ccc(Cl)cc4)C(C)C3)c(F)c21. The molecule has 2 heterocycles. The quantitative estimate of drug-likeness (QED) is 0.515. The van der Waals surface area contributed by atoms with Crippen LogP contribution in [0.4, 0.5) is 20.2 Å². The van der Waals surface area contributed by atoms with Gasteiger partial charge in [0, 0.05) is 49.1 Å². The standard InChI is InChI=1S/C25H25ClF2N4O4/c1-3-30-12-18(25(35)36)24(34)17-10-19(27)23(21(28)22(17)30)32-9-8-31(14(2)11-32)13-20(33)29-16-6-4-15(26)5-7-16/h4-7,10,12,14H,3,8-9,11,13H2,1-2H3,(H,29,33)(H,35,36). The van der Waals surface area contributed by atoms with Crippen molar-refractivity contribution in [2.24, 2.45) is 0 Å². The Morgan fingerprint density at radius 2 is 1.89 bits per heavy atom. The molecule has 1 aliphatic rings. The molecule has 1 unspecified atom stereocenters. The number of carboxylic acids is 1. The van der Waals surface area contributed by atoms with E-state index < -0.39 is 28.6 Å². The largest absolute Gasteiger partial charge is 0.477 e. The number of nitrogens with zero attached hydrogens (tertiary/aromatic N) is 3. The number of halogens is 3. The Balaban J connectivity index is 1.56. The van der Waals surface area contributed by atoms with Gasteiger partial charge < -0.3 is 19.9 Å². The molecule has 190 valence electrons. The van der Waals surface area contributed by atoms with Gasteiger partial charge in [-0.25, -0.2) is 13.6 Å². The van der Waals surface area contributed by atoms with Crippen molar-refractivity contribution < 1.29 is 23.5 Å². The van der Waals surface area contributed by atoms with Crippen LogP contribution >= 0.6 is 11.6 Å². The van der Waals surface area contributed by atoms with Crippen LogP contribution in [0, 0.1) is 11.6 Å². The van der Waals surface area contributed by atoms with E-state index in [2.05, 4.69) is 5.32 Å². The minimum Gasteiger partial charge on any atom is -0.477 e. The molecule has 1 atom stereocenters. The molecule has 2 N–H and O–H groups in total. The second kappa shape index (κ2) is 10.2. The Hall–Kier alpha value is -3.50. The fourth-order valence-corrected chi connectivity index (χ4v) is 4.65. The summed E-state index contributed by atoms with van der Waals surface area (Å²) < 4.78 is 32.2. The molecule has 3 aromatic rings. The molecular weight excluding hydrogens is 494 g/mol. The third-order valence-electron chi connectivity index (χ3n) is 6.36. The summed E-state index contributed by atoms with van der Waals surface area (Å²) in [4.78, 5) is 40.0. The number of nitrogens with one attached hydrogen (secondary N) is 1. The zero-order valence-corrected chi connectivity index (χ0v) is 20.5. The van der Waals surface area contributed by atoms with Gasteiger partial charge in [0.15, 0.2) is 5.82 Å². The minimum atomic E-state index is -1.46.